The molecule has 0 fully saturated rings. The molecule has 0 aromatic carbocycles. The van der Waals surface area contributed by atoms with E-state index in [9.17, 15) is 4.79 Å². The molecule has 0 aliphatic carbocycles. The standard InChI is InChI=1S/C11H14N4OS2/c1-8-14-9(7-18-8)6-17-5-2-10(16)15-11-12-3-4-13-11/h3-4,7H,2,5-6H2,1H3,(H2,12,13,15,16). The number of nitrogens with one attached hydrogen (secondary N) is 2. The van der Waals surface area contributed by atoms with Gasteiger partial charge in [0.05, 0.1) is 10.7 Å². The van der Waals surface area contributed by atoms with E-state index < -0.39 is 0 Å². The summed E-state index contributed by atoms with van der Waals surface area (Å²) in [5.74, 6) is 2.12. The molecule has 96 valence electrons. The van der Waals surface area contributed by atoms with Gasteiger partial charge >= 0.3 is 0 Å². The fourth-order valence-electron chi connectivity index (χ4n) is 1.34. The Hall–Kier alpha value is -1.34. The molecule has 0 spiro atoms. The van der Waals surface area contributed by atoms with E-state index in [1.165, 1.54) is 0 Å². The third-order valence-electron chi connectivity index (χ3n) is 2.15. The number of carbonyl (C=O) groups excluding carboxylic acids is 1. The number of amides is 1. The van der Waals surface area contributed by atoms with E-state index >= 15 is 0 Å². The molecule has 0 radical (unpaired) electrons. The van der Waals surface area contributed by atoms with Gasteiger partial charge < -0.3 is 4.98 Å². The summed E-state index contributed by atoms with van der Waals surface area (Å²) < 4.78 is 0. The van der Waals surface area contributed by atoms with Gasteiger partial charge in [0, 0.05) is 35.7 Å². The Morgan fingerprint density at radius 3 is 3.17 bits per heavy atom. The molecule has 2 aromatic heterocycles. The van der Waals surface area contributed by atoms with Gasteiger partial charge in [-0.25, -0.2) is 9.97 Å². The lowest BCUT2D eigenvalue weighted by Gasteiger charge is -2.01. The minimum Gasteiger partial charge on any atom is -0.331 e. The normalized spacial score (nSPS) is 10.5. The smallest absolute Gasteiger partial charge is 0.227 e. The first kappa shape index (κ1) is 13.1. The van der Waals surface area contributed by atoms with Crippen LogP contribution in [0.5, 0.6) is 0 Å². The number of rotatable bonds is 6. The molecule has 0 saturated heterocycles. The van der Waals surface area contributed by atoms with Crippen LogP contribution in [-0.4, -0.2) is 26.6 Å². The summed E-state index contributed by atoms with van der Waals surface area (Å²) in [5.41, 5.74) is 1.09. The molecular formula is C11H14N4OS2. The van der Waals surface area contributed by atoms with Gasteiger partial charge in [-0.3, -0.25) is 10.1 Å². The van der Waals surface area contributed by atoms with Crippen molar-refractivity contribution < 1.29 is 4.79 Å². The van der Waals surface area contributed by atoms with Crippen LogP contribution >= 0.6 is 23.1 Å². The second-order valence-electron chi connectivity index (χ2n) is 3.65. The summed E-state index contributed by atoms with van der Waals surface area (Å²) in [4.78, 5) is 22.7. The summed E-state index contributed by atoms with van der Waals surface area (Å²) >= 11 is 3.37. The van der Waals surface area contributed by atoms with Crippen LogP contribution in [-0.2, 0) is 10.5 Å². The highest BCUT2D eigenvalue weighted by atomic mass is 32.2. The molecule has 1 amide bonds. The van der Waals surface area contributed by atoms with Gasteiger partial charge in [-0.1, -0.05) is 0 Å². The number of thiazole rings is 1. The third-order valence-corrected chi connectivity index (χ3v) is 3.96. The molecule has 5 nitrogen and oxygen atoms in total. The average molecular weight is 282 g/mol. The number of carbonyl (C=O) groups is 1. The zero-order valence-electron chi connectivity index (χ0n) is 9.97. The van der Waals surface area contributed by atoms with E-state index in [0.29, 0.717) is 12.4 Å². The highest BCUT2D eigenvalue weighted by Crippen LogP contribution is 2.15. The Bertz CT molecular complexity index is 495. The van der Waals surface area contributed by atoms with Crippen molar-refractivity contribution in [2.45, 2.75) is 19.1 Å². The fourth-order valence-corrected chi connectivity index (χ4v) is 2.89. The van der Waals surface area contributed by atoms with Gasteiger partial charge in [-0.2, -0.15) is 11.8 Å². The minimum absolute atomic E-state index is 0.0214. The topological polar surface area (TPSA) is 70.7 Å². The average Bonchev–Trinajstić information content (AvgIpc) is 2.96. The van der Waals surface area contributed by atoms with Crippen molar-refractivity contribution in [3.05, 3.63) is 28.5 Å². The van der Waals surface area contributed by atoms with Crippen molar-refractivity contribution in [2.24, 2.45) is 0 Å². The number of aromatic nitrogens is 3. The molecule has 7 heteroatoms. The first-order chi connectivity index (χ1) is 8.74. The van der Waals surface area contributed by atoms with Gasteiger partial charge in [0.25, 0.3) is 0 Å². The van der Waals surface area contributed by atoms with Gasteiger partial charge in [0.2, 0.25) is 11.9 Å². The monoisotopic (exact) mass is 282 g/mol. The van der Waals surface area contributed by atoms with E-state index in [4.69, 9.17) is 0 Å². The first-order valence-electron chi connectivity index (χ1n) is 5.52. The van der Waals surface area contributed by atoms with Crippen LogP contribution in [0.1, 0.15) is 17.1 Å². The van der Waals surface area contributed by atoms with Crippen LogP contribution < -0.4 is 5.32 Å². The second-order valence-corrected chi connectivity index (χ2v) is 5.81. The molecule has 2 heterocycles. The van der Waals surface area contributed by atoms with Gasteiger partial charge in [-0.15, -0.1) is 11.3 Å². The number of thioether (sulfide) groups is 1. The van der Waals surface area contributed by atoms with Gasteiger partial charge in [0.15, 0.2) is 0 Å². The van der Waals surface area contributed by atoms with E-state index in [1.807, 2.05) is 6.92 Å². The van der Waals surface area contributed by atoms with Gasteiger partial charge in [-0.05, 0) is 6.92 Å². The van der Waals surface area contributed by atoms with E-state index in [2.05, 4.69) is 25.6 Å². The van der Waals surface area contributed by atoms with Crippen molar-refractivity contribution in [2.75, 3.05) is 11.1 Å². The molecule has 2 N–H and O–H groups in total. The lowest BCUT2D eigenvalue weighted by molar-refractivity contribution is -0.115. The van der Waals surface area contributed by atoms with Crippen molar-refractivity contribution >= 4 is 35.0 Å². The summed E-state index contributed by atoms with van der Waals surface area (Å²) in [6.07, 6.45) is 3.76. The molecule has 0 aliphatic heterocycles. The van der Waals surface area contributed by atoms with Crippen molar-refractivity contribution in [3.8, 4) is 0 Å². The van der Waals surface area contributed by atoms with Crippen LogP contribution in [0.2, 0.25) is 0 Å². The number of imidazole rings is 1. The van der Waals surface area contributed by atoms with E-state index in [-0.39, 0.29) is 5.91 Å². The number of anilines is 1. The highest BCUT2D eigenvalue weighted by molar-refractivity contribution is 7.98. The summed E-state index contributed by atoms with van der Waals surface area (Å²) in [6, 6.07) is 0. The molecule has 0 atom stereocenters. The summed E-state index contributed by atoms with van der Waals surface area (Å²) in [7, 11) is 0. The third kappa shape index (κ3) is 4.15. The molecular weight excluding hydrogens is 268 g/mol. The predicted molar refractivity (Wildman–Crippen MR) is 74.8 cm³/mol. The predicted octanol–water partition coefficient (Wildman–Crippen LogP) is 2.44. The Kier molecular flexibility index (Phi) is 4.77. The van der Waals surface area contributed by atoms with Crippen LogP contribution in [0.25, 0.3) is 0 Å². The Morgan fingerprint density at radius 1 is 1.61 bits per heavy atom. The van der Waals surface area contributed by atoms with Crippen LogP contribution in [0.15, 0.2) is 17.8 Å². The summed E-state index contributed by atoms with van der Waals surface area (Å²) in [5, 5.41) is 5.84. The zero-order valence-corrected chi connectivity index (χ0v) is 11.6. The Balaban J connectivity index is 1.62. The molecule has 2 rings (SSSR count). The maximum absolute atomic E-state index is 11.5. The van der Waals surface area contributed by atoms with Gasteiger partial charge in [0.1, 0.15) is 0 Å². The molecule has 18 heavy (non-hydrogen) atoms. The minimum atomic E-state index is -0.0214. The number of H-pyrrole nitrogens is 1. The number of aryl methyl sites for hydroxylation is 1. The second kappa shape index (κ2) is 6.55. The fraction of sp³-hybridized carbons (Fsp3) is 0.364. The molecule has 0 aliphatic rings. The zero-order chi connectivity index (χ0) is 12.8. The Labute approximate surface area is 113 Å². The van der Waals surface area contributed by atoms with Crippen molar-refractivity contribution in [3.63, 3.8) is 0 Å². The molecule has 0 bridgehead atoms. The number of hydrogen-bond donors (Lipinski definition) is 2. The number of aromatic amines is 1. The summed E-state index contributed by atoms with van der Waals surface area (Å²) in [6.45, 7) is 2.00. The maximum Gasteiger partial charge on any atom is 0.227 e. The molecule has 0 saturated carbocycles. The SMILES string of the molecule is Cc1nc(CSCCC(=O)Nc2ncc[nH]2)cs1. The maximum atomic E-state index is 11.5. The van der Waals surface area contributed by atoms with Crippen molar-refractivity contribution in [1.29, 1.82) is 0 Å². The largest absolute Gasteiger partial charge is 0.331 e. The lowest BCUT2D eigenvalue weighted by atomic mass is 10.4. The number of nitrogens with zero attached hydrogens (tertiary/aromatic N) is 2. The quantitative estimate of drug-likeness (QED) is 0.798. The van der Waals surface area contributed by atoms with Crippen LogP contribution in [0.4, 0.5) is 5.95 Å². The van der Waals surface area contributed by atoms with Crippen molar-refractivity contribution in [1.82, 2.24) is 15.0 Å². The van der Waals surface area contributed by atoms with Crippen LogP contribution in [0, 0.1) is 6.92 Å². The lowest BCUT2D eigenvalue weighted by Crippen LogP contribution is -2.13. The molecule has 0 unspecified atom stereocenters. The van der Waals surface area contributed by atoms with E-state index in [1.54, 1.807) is 35.5 Å². The first-order valence-corrected chi connectivity index (χ1v) is 7.55. The highest BCUT2D eigenvalue weighted by Gasteiger charge is 2.04. The Morgan fingerprint density at radius 2 is 2.50 bits per heavy atom. The van der Waals surface area contributed by atoms with E-state index in [0.717, 1.165) is 22.2 Å². The molecule has 2 aromatic rings. The number of hydrogen-bond acceptors (Lipinski definition) is 5. The van der Waals surface area contributed by atoms with Crippen LogP contribution in [0.3, 0.4) is 0 Å².